The maximum atomic E-state index is 13.1. The normalized spacial score (nSPS) is 17.7. The number of carbonyl (C=O) groups is 2. The lowest BCUT2D eigenvalue weighted by Crippen LogP contribution is -2.32. The van der Waals surface area contributed by atoms with Crippen molar-refractivity contribution in [3.63, 3.8) is 0 Å². The zero-order chi connectivity index (χ0) is 33.0. The van der Waals surface area contributed by atoms with Crippen molar-refractivity contribution in [2.45, 2.75) is 140 Å². The van der Waals surface area contributed by atoms with Gasteiger partial charge in [-0.1, -0.05) is 73.5 Å². The van der Waals surface area contributed by atoms with Crippen LogP contribution in [0.1, 0.15) is 120 Å². The van der Waals surface area contributed by atoms with Crippen molar-refractivity contribution in [1.29, 1.82) is 0 Å². The molecule has 0 amide bonds. The lowest BCUT2D eigenvalue weighted by atomic mass is 9.83. The van der Waals surface area contributed by atoms with Gasteiger partial charge >= 0.3 is 5.97 Å². The van der Waals surface area contributed by atoms with Crippen molar-refractivity contribution in [1.82, 2.24) is 0 Å². The number of rotatable bonds is 14. The third-order valence-electron chi connectivity index (χ3n) is 8.58. The second-order valence-corrected chi connectivity index (χ2v) is 12.7. The summed E-state index contributed by atoms with van der Waals surface area (Å²) >= 11 is 0. The number of Topliss-reactive ketones (excluding diaryl/α,β-unsaturated/α-hetero) is 1. The van der Waals surface area contributed by atoms with E-state index in [1.54, 1.807) is 0 Å². The Kier molecular flexibility index (Phi) is 18.1. The highest BCUT2D eigenvalue weighted by Crippen LogP contribution is 2.37. The number of benzene rings is 2. The number of alkyl halides is 4. The number of carbonyl (C=O) groups excluding carboxylic acids is 1. The van der Waals surface area contributed by atoms with Gasteiger partial charge in [-0.05, 0) is 81.3 Å². The highest BCUT2D eigenvalue weighted by molar-refractivity contribution is 5.78. The summed E-state index contributed by atoms with van der Waals surface area (Å²) in [6.07, 6.45) is 11.4. The van der Waals surface area contributed by atoms with Crippen LogP contribution < -0.4 is 5.73 Å². The lowest BCUT2D eigenvalue weighted by molar-refractivity contribution is -0.137. The van der Waals surface area contributed by atoms with E-state index in [1.807, 2.05) is 36.4 Å². The molecule has 0 aliphatic heterocycles. The molecule has 3 N–H and O–H groups in total. The molecule has 45 heavy (non-hydrogen) atoms. The molecule has 4 nitrogen and oxygen atoms in total. The maximum Gasteiger partial charge on any atom is 0.303 e. The van der Waals surface area contributed by atoms with Crippen LogP contribution in [-0.2, 0) is 22.4 Å². The monoisotopic (exact) mass is 635 g/mol. The molecular weight excluding hydrogens is 582 g/mol. The van der Waals surface area contributed by atoms with Crippen molar-refractivity contribution < 1.29 is 32.3 Å². The van der Waals surface area contributed by atoms with Crippen LogP contribution in [0.25, 0.3) is 0 Å². The standard InChI is InChI=1S/C19H26F2O.C12H16O2.C6H11F2N/c20-19(21)13-11-17(12-14-19)15-18(22)10-6-2-5-9-16-7-3-1-4-8-16;13-12(14)10-6-2-5-9-11-7-3-1-4-8-11;7-6(8)3-1-5(9)2-4-6/h1,3-4,7-8,17H,2,5-6,9-15H2;1,3-4,7-8H,2,5-6,9-10H2,(H,13,14);5H,1-4,9H2. The fourth-order valence-corrected chi connectivity index (χ4v) is 5.69. The fourth-order valence-electron chi connectivity index (χ4n) is 5.69. The number of carboxylic acids is 1. The molecule has 0 radical (unpaired) electrons. The molecule has 4 rings (SSSR count). The minimum absolute atomic E-state index is 0.0182. The van der Waals surface area contributed by atoms with E-state index < -0.39 is 17.8 Å². The van der Waals surface area contributed by atoms with E-state index in [-0.39, 0.29) is 43.4 Å². The predicted molar refractivity (Wildman–Crippen MR) is 173 cm³/mol. The number of aryl methyl sites for hydroxylation is 2. The second kappa shape index (κ2) is 21.1. The van der Waals surface area contributed by atoms with Crippen molar-refractivity contribution in [3.8, 4) is 0 Å². The number of hydrogen-bond acceptors (Lipinski definition) is 3. The van der Waals surface area contributed by atoms with Gasteiger partial charge in [-0.15, -0.1) is 0 Å². The van der Waals surface area contributed by atoms with Crippen LogP contribution in [0, 0.1) is 5.92 Å². The van der Waals surface area contributed by atoms with E-state index in [2.05, 4.69) is 24.3 Å². The van der Waals surface area contributed by atoms with Crippen LogP contribution >= 0.6 is 0 Å². The van der Waals surface area contributed by atoms with Gasteiger partial charge in [0.15, 0.2) is 0 Å². The third kappa shape index (κ3) is 19.4. The Hall–Kier alpha value is -2.74. The molecule has 0 bridgehead atoms. The van der Waals surface area contributed by atoms with Crippen LogP contribution in [0.4, 0.5) is 17.6 Å². The number of nitrogens with two attached hydrogens (primary N) is 1. The van der Waals surface area contributed by atoms with Gasteiger partial charge in [0.05, 0.1) is 0 Å². The molecule has 0 atom stereocenters. The van der Waals surface area contributed by atoms with E-state index in [0.29, 0.717) is 44.9 Å². The zero-order valence-corrected chi connectivity index (χ0v) is 26.7. The molecule has 2 aromatic carbocycles. The summed E-state index contributed by atoms with van der Waals surface area (Å²) in [6.45, 7) is 0. The highest BCUT2D eigenvalue weighted by Gasteiger charge is 2.35. The molecule has 2 saturated carbocycles. The SMILES string of the molecule is NC1CCC(F)(F)CC1.O=C(CCCCCc1ccccc1)CC1CCC(F)(F)CC1.O=C(O)CCCCCc1ccccc1. The topological polar surface area (TPSA) is 80.4 Å². The van der Waals surface area contributed by atoms with Gasteiger partial charge in [0.2, 0.25) is 11.8 Å². The molecule has 8 heteroatoms. The number of unbranched alkanes of at least 4 members (excludes halogenated alkanes) is 4. The Balaban J connectivity index is 0.000000261. The largest absolute Gasteiger partial charge is 0.481 e. The summed E-state index contributed by atoms with van der Waals surface area (Å²) in [4.78, 5) is 22.2. The van der Waals surface area contributed by atoms with E-state index in [4.69, 9.17) is 10.8 Å². The number of aliphatic carboxylic acids is 1. The minimum atomic E-state index is -2.49. The van der Waals surface area contributed by atoms with E-state index in [1.165, 1.54) is 11.1 Å². The quantitative estimate of drug-likeness (QED) is 0.160. The van der Waals surface area contributed by atoms with Crippen molar-refractivity contribution in [2.75, 3.05) is 0 Å². The summed E-state index contributed by atoms with van der Waals surface area (Å²) in [5, 5.41) is 8.43. The number of halogens is 4. The summed E-state index contributed by atoms with van der Waals surface area (Å²) in [7, 11) is 0. The number of carboxylic acid groups (broad SMARTS) is 1. The first-order chi connectivity index (χ1) is 21.4. The third-order valence-corrected chi connectivity index (χ3v) is 8.58. The minimum Gasteiger partial charge on any atom is -0.481 e. The molecule has 252 valence electrons. The second-order valence-electron chi connectivity index (χ2n) is 12.7. The first-order valence-corrected chi connectivity index (χ1v) is 16.8. The van der Waals surface area contributed by atoms with Gasteiger partial charge in [0.1, 0.15) is 5.78 Å². The van der Waals surface area contributed by atoms with E-state index in [9.17, 15) is 27.2 Å². The molecule has 0 aromatic heterocycles. The zero-order valence-electron chi connectivity index (χ0n) is 26.7. The Morgan fingerprint density at radius 1 is 0.644 bits per heavy atom. The fraction of sp³-hybridized carbons (Fsp3) is 0.622. The molecule has 2 aliphatic carbocycles. The molecule has 2 fully saturated rings. The molecule has 2 aliphatic rings. The van der Waals surface area contributed by atoms with E-state index >= 15 is 0 Å². The van der Waals surface area contributed by atoms with Gasteiger partial charge < -0.3 is 10.8 Å². The number of hydrogen-bond donors (Lipinski definition) is 2. The van der Waals surface area contributed by atoms with Crippen LogP contribution in [0.3, 0.4) is 0 Å². The average molecular weight is 636 g/mol. The summed E-state index contributed by atoms with van der Waals surface area (Å²) in [5.41, 5.74) is 8.10. The predicted octanol–water partition coefficient (Wildman–Crippen LogP) is 9.97. The molecule has 0 spiro atoms. The van der Waals surface area contributed by atoms with Crippen LogP contribution in [0.2, 0.25) is 0 Å². The lowest BCUT2D eigenvalue weighted by Gasteiger charge is -2.27. The average Bonchev–Trinajstić information content (AvgIpc) is 3.01. The molecule has 2 aromatic rings. The van der Waals surface area contributed by atoms with E-state index in [0.717, 1.165) is 51.4 Å². The van der Waals surface area contributed by atoms with Gasteiger partial charge in [-0.3, -0.25) is 9.59 Å². The summed E-state index contributed by atoms with van der Waals surface area (Å²) in [5.74, 6) is -5.15. The molecule has 0 saturated heterocycles. The molecule has 0 heterocycles. The molecular formula is C37H53F4NO3. The summed E-state index contributed by atoms with van der Waals surface area (Å²) < 4.78 is 50.8. The summed E-state index contributed by atoms with van der Waals surface area (Å²) in [6, 6.07) is 20.7. The van der Waals surface area contributed by atoms with Gasteiger partial charge in [-0.25, -0.2) is 17.6 Å². The van der Waals surface area contributed by atoms with Crippen LogP contribution in [0.15, 0.2) is 60.7 Å². The van der Waals surface area contributed by atoms with Crippen LogP contribution in [-0.4, -0.2) is 34.7 Å². The Bertz CT molecular complexity index is 1060. The van der Waals surface area contributed by atoms with Crippen molar-refractivity contribution in [2.24, 2.45) is 11.7 Å². The van der Waals surface area contributed by atoms with Gasteiger partial charge in [0.25, 0.3) is 0 Å². The maximum absolute atomic E-state index is 13.1. The van der Waals surface area contributed by atoms with Crippen molar-refractivity contribution >= 4 is 11.8 Å². The first kappa shape index (κ1) is 38.4. The Morgan fingerprint density at radius 2 is 1.07 bits per heavy atom. The van der Waals surface area contributed by atoms with Crippen LogP contribution in [0.5, 0.6) is 0 Å². The number of ketones is 1. The van der Waals surface area contributed by atoms with Gasteiger partial charge in [-0.2, -0.15) is 0 Å². The van der Waals surface area contributed by atoms with Gasteiger partial charge in [0, 0.05) is 51.0 Å². The smallest absolute Gasteiger partial charge is 0.303 e. The first-order valence-electron chi connectivity index (χ1n) is 16.8. The Labute approximate surface area is 267 Å². The molecule has 0 unspecified atom stereocenters. The Morgan fingerprint density at radius 3 is 1.49 bits per heavy atom. The highest BCUT2D eigenvalue weighted by atomic mass is 19.3. The van der Waals surface area contributed by atoms with Crippen molar-refractivity contribution in [3.05, 3.63) is 71.8 Å².